The number of H-pyrrole nitrogens is 1. The number of aromatic nitrogens is 5. The molecular formula is C18H23N5O. The van der Waals surface area contributed by atoms with Crippen molar-refractivity contribution in [2.24, 2.45) is 0 Å². The summed E-state index contributed by atoms with van der Waals surface area (Å²) in [5.74, 6) is 2.09. The zero-order chi connectivity index (χ0) is 16.5. The van der Waals surface area contributed by atoms with Crippen LogP contribution in [0.3, 0.4) is 0 Å². The molecule has 0 radical (unpaired) electrons. The van der Waals surface area contributed by atoms with Crippen molar-refractivity contribution in [1.82, 2.24) is 25.0 Å². The van der Waals surface area contributed by atoms with Gasteiger partial charge in [0.15, 0.2) is 11.6 Å². The normalized spacial score (nSPS) is 16.9. The Balaban J connectivity index is 1.79. The maximum atomic E-state index is 10.1. The quantitative estimate of drug-likeness (QED) is 0.754. The van der Waals surface area contributed by atoms with Gasteiger partial charge < -0.3 is 5.11 Å². The van der Waals surface area contributed by atoms with Gasteiger partial charge in [0, 0.05) is 11.3 Å². The van der Waals surface area contributed by atoms with Crippen LogP contribution in [-0.4, -0.2) is 36.2 Å². The van der Waals surface area contributed by atoms with Gasteiger partial charge in [-0.2, -0.15) is 10.2 Å². The van der Waals surface area contributed by atoms with Gasteiger partial charge in [-0.05, 0) is 25.3 Å². The molecule has 1 fully saturated rings. The Morgan fingerprint density at radius 1 is 1.29 bits per heavy atom. The highest BCUT2D eigenvalue weighted by Crippen LogP contribution is 2.34. The van der Waals surface area contributed by atoms with Gasteiger partial charge in [-0.15, -0.1) is 0 Å². The molecule has 3 aromatic rings. The first-order valence-electron chi connectivity index (χ1n) is 8.82. The minimum absolute atomic E-state index is 0.424. The fourth-order valence-corrected chi connectivity index (χ4v) is 3.48. The average Bonchev–Trinajstić information content (AvgIpc) is 3.33. The second-order valence-electron chi connectivity index (χ2n) is 6.64. The lowest BCUT2D eigenvalue weighted by Gasteiger charge is -2.09. The van der Waals surface area contributed by atoms with E-state index in [1.54, 1.807) is 0 Å². The molecule has 2 aromatic heterocycles. The summed E-state index contributed by atoms with van der Waals surface area (Å²) < 4.78 is 1.84. The Kier molecular flexibility index (Phi) is 4.06. The smallest absolute Gasteiger partial charge is 0.179 e. The number of aromatic amines is 1. The largest absolute Gasteiger partial charge is 0.391 e. The van der Waals surface area contributed by atoms with Gasteiger partial charge in [0.05, 0.1) is 18.2 Å². The van der Waals surface area contributed by atoms with E-state index in [4.69, 9.17) is 10.1 Å². The van der Waals surface area contributed by atoms with Crippen molar-refractivity contribution in [3.05, 3.63) is 30.1 Å². The summed E-state index contributed by atoms with van der Waals surface area (Å²) in [5.41, 5.74) is 1.80. The van der Waals surface area contributed by atoms with Crippen molar-refractivity contribution in [3.63, 3.8) is 0 Å². The van der Waals surface area contributed by atoms with Crippen LogP contribution in [0.4, 0.5) is 0 Å². The minimum Gasteiger partial charge on any atom is -0.391 e. The average molecular weight is 325 g/mol. The lowest BCUT2D eigenvalue weighted by atomic mass is 10.1. The fraction of sp³-hybridized carbons (Fsp3) is 0.500. The Labute approximate surface area is 140 Å². The van der Waals surface area contributed by atoms with Crippen LogP contribution in [0.15, 0.2) is 24.3 Å². The molecule has 1 unspecified atom stereocenters. The highest BCUT2D eigenvalue weighted by atomic mass is 16.3. The molecule has 126 valence electrons. The number of benzene rings is 1. The third-order valence-electron chi connectivity index (χ3n) is 4.95. The molecule has 4 rings (SSSR count). The van der Waals surface area contributed by atoms with Crippen LogP contribution in [0.1, 0.15) is 50.8 Å². The van der Waals surface area contributed by atoms with Crippen LogP contribution in [0.2, 0.25) is 0 Å². The van der Waals surface area contributed by atoms with Crippen LogP contribution in [-0.2, 0) is 6.54 Å². The van der Waals surface area contributed by atoms with E-state index in [1.807, 2.05) is 35.9 Å². The fourth-order valence-electron chi connectivity index (χ4n) is 3.48. The molecule has 0 aliphatic heterocycles. The van der Waals surface area contributed by atoms with E-state index in [-0.39, 0.29) is 0 Å². The van der Waals surface area contributed by atoms with Crippen LogP contribution >= 0.6 is 0 Å². The number of aliphatic hydroxyl groups is 1. The van der Waals surface area contributed by atoms with E-state index >= 15 is 0 Å². The van der Waals surface area contributed by atoms with E-state index in [0.29, 0.717) is 18.9 Å². The molecule has 0 amide bonds. The third kappa shape index (κ3) is 2.71. The van der Waals surface area contributed by atoms with Crippen molar-refractivity contribution in [2.75, 3.05) is 0 Å². The predicted molar refractivity (Wildman–Crippen MR) is 92.6 cm³/mol. The zero-order valence-electron chi connectivity index (χ0n) is 13.9. The SMILES string of the molecule is CCC(O)Cn1nc(C2CCCC2)nc1-c1n[nH]c2ccccc12. The predicted octanol–water partition coefficient (Wildman–Crippen LogP) is 3.25. The number of nitrogens with zero attached hydrogens (tertiary/aromatic N) is 4. The maximum absolute atomic E-state index is 10.1. The lowest BCUT2D eigenvalue weighted by molar-refractivity contribution is 0.145. The summed E-state index contributed by atoms with van der Waals surface area (Å²) in [6, 6.07) is 8.03. The molecule has 1 aliphatic carbocycles. The molecular weight excluding hydrogens is 302 g/mol. The summed E-state index contributed by atoms with van der Waals surface area (Å²) >= 11 is 0. The first-order chi connectivity index (χ1) is 11.8. The Morgan fingerprint density at radius 2 is 2.08 bits per heavy atom. The van der Waals surface area contributed by atoms with Crippen LogP contribution < -0.4 is 0 Å². The summed E-state index contributed by atoms with van der Waals surface area (Å²) in [5, 5.41) is 23.4. The standard InChI is InChI=1S/C18H23N5O/c1-2-13(24)11-23-18(19-17(22-23)12-7-3-4-8-12)16-14-9-5-6-10-15(14)20-21-16/h5-6,9-10,12-13,24H,2-4,7-8,11H2,1H3,(H,20,21). The summed E-state index contributed by atoms with van der Waals surface area (Å²) in [7, 11) is 0. The minimum atomic E-state index is -0.424. The van der Waals surface area contributed by atoms with Gasteiger partial charge in [-0.3, -0.25) is 5.10 Å². The molecule has 0 spiro atoms. The number of nitrogens with one attached hydrogen (secondary N) is 1. The van der Waals surface area contributed by atoms with Gasteiger partial charge >= 0.3 is 0 Å². The molecule has 24 heavy (non-hydrogen) atoms. The Bertz CT molecular complexity index is 831. The third-order valence-corrected chi connectivity index (χ3v) is 4.95. The zero-order valence-corrected chi connectivity index (χ0v) is 13.9. The molecule has 6 heteroatoms. The van der Waals surface area contributed by atoms with Crippen molar-refractivity contribution in [2.45, 2.75) is 57.6 Å². The number of aliphatic hydroxyl groups excluding tert-OH is 1. The second kappa shape index (κ2) is 6.36. The van der Waals surface area contributed by atoms with Crippen LogP contribution in [0.5, 0.6) is 0 Å². The first-order valence-corrected chi connectivity index (χ1v) is 8.82. The Morgan fingerprint density at radius 3 is 2.88 bits per heavy atom. The van der Waals surface area contributed by atoms with Crippen LogP contribution in [0.25, 0.3) is 22.4 Å². The number of hydrogen-bond donors (Lipinski definition) is 2. The van der Waals surface area contributed by atoms with Gasteiger partial charge in [-0.25, -0.2) is 9.67 Å². The summed E-state index contributed by atoms with van der Waals surface area (Å²) in [4.78, 5) is 4.83. The molecule has 1 atom stereocenters. The number of fused-ring (bicyclic) bond motifs is 1. The molecule has 2 N–H and O–H groups in total. The molecule has 1 aliphatic rings. The van der Waals surface area contributed by atoms with Gasteiger partial charge in [0.1, 0.15) is 5.69 Å². The van der Waals surface area contributed by atoms with Gasteiger partial charge in [-0.1, -0.05) is 38.0 Å². The first kappa shape index (κ1) is 15.3. The van der Waals surface area contributed by atoms with E-state index in [9.17, 15) is 5.11 Å². The van der Waals surface area contributed by atoms with Crippen molar-refractivity contribution in [3.8, 4) is 11.5 Å². The molecule has 2 heterocycles. The van der Waals surface area contributed by atoms with E-state index in [1.165, 1.54) is 12.8 Å². The highest BCUT2D eigenvalue weighted by Gasteiger charge is 2.25. The number of hydrogen-bond acceptors (Lipinski definition) is 4. The second-order valence-corrected chi connectivity index (χ2v) is 6.64. The van der Waals surface area contributed by atoms with Crippen LogP contribution in [0, 0.1) is 0 Å². The molecule has 0 bridgehead atoms. The monoisotopic (exact) mass is 325 g/mol. The lowest BCUT2D eigenvalue weighted by Crippen LogP contribution is -2.17. The summed E-state index contributed by atoms with van der Waals surface area (Å²) in [6.45, 7) is 2.43. The van der Waals surface area contributed by atoms with Crippen molar-refractivity contribution >= 4 is 10.9 Å². The number of para-hydroxylation sites is 1. The summed E-state index contributed by atoms with van der Waals surface area (Å²) in [6.07, 6.45) is 5.07. The van der Waals surface area contributed by atoms with E-state index < -0.39 is 6.10 Å². The van der Waals surface area contributed by atoms with Gasteiger partial charge in [0.25, 0.3) is 0 Å². The molecule has 1 saturated carbocycles. The maximum Gasteiger partial charge on any atom is 0.179 e. The van der Waals surface area contributed by atoms with Gasteiger partial charge in [0.2, 0.25) is 0 Å². The van der Waals surface area contributed by atoms with Crippen molar-refractivity contribution < 1.29 is 5.11 Å². The molecule has 0 saturated heterocycles. The molecule has 6 nitrogen and oxygen atoms in total. The topological polar surface area (TPSA) is 79.6 Å². The number of rotatable bonds is 5. The van der Waals surface area contributed by atoms with E-state index in [2.05, 4.69) is 10.2 Å². The highest BCUT2D eigenvalue weighted by molar-refractivity contribution is 5.91. The van der Waals surface area contributed by atoms with E-state index in [0.717, 1.165) is 41.1 Å². The molecule has 1 aromatic carbocycles. The van der Waals surface area contributed by atoms with Crippen molar-refractivity contribution in [1.29, 1.82) is 0 Å². The Hall–Kier alpha value is -2.21.